The highest BCUT2D eigenvalue weighted by molar-refractivity contribution is 5.93. The van der Waals surface area contributed by atoms with Crippen molar-refractivity contribution in [1.82, 2.24) is 29.7 Å². The van der Waals surface area contributed by atoms with E-state index >= 15 is 0 Å². The molecule has 0 spiro atoms. The van der Waals surface area contributed by atoms with Crippen molar-refractivity contribution in [2.24, 2.45) is 5.92 Å². The first-order valence-corrected chi connectivity index (χ1v) is 9.63. The fraction of sp³-hybridized carbons (Fsp3) is 0.579. The summed E-state index contributed by atoms with van der Waals surface area (Å²) in [7, 11) is 0. The number of rotatable bonds is 3. The van der Waals surface area contributed by atoms with Crippen molar-refractivity contribution in [3.8, 4) is 0 Å². The van der Waals surface area contributed by atoms with E-state index in [9.17, 15) is 9.59 Å². The summed E-state index contributed by atoms with van der Waals surface area (Å²) in [6, 6.07) is -0.0274. The summed E-state index contributed by atoms with van der Waals surface area (Å²) in [5.41, 5.74) is 2.40. The number of nitrogens with zero attached hydrogens (tertiary/aromatic N) is 4. The molecule has 27 heavy (non-hydrogen) atoms. The summed E-state index contributed by atoms with van der Waals surface area (Å²) in [5.74, 6) is 0.988. The molecular weight excluding hydrogens is 344 g/mol. The Morgan fingerprint density at radius 3 is 2.85 bits per heavy atom. The zero-order chi connectivity index (χ0) is 19.0. The lowest BCUT2D eigenvalue weighted by atomic mass is 9.95. The molecule has 8 nitrogen and oxygen atoms in total. The molecule has 8 heteroatoms. The van der Waals surface area contributed by atoms with Crippen LogP contribution in [-0.2, 0) is 17.8 Å². The number of imidazole rings is 2. The second-order valence-electron chi connectivity index (χ2n) is 7.62. The minimum atomic E-state index is -0.176. The Bertz CT molecular complexity index is 854. The van der Waals surface area contributed by atoms with Gasteiger partial charge in [-0.2, -0.15) is 0 Å². The molecule has 0 aliphatic carbocycles. The van der Waals surface area contributed by atoms with Gasteiger partial charge in [0.05, 0.1) is 12.2 Å². The molecule has 1 unspecified atom stereocenters. The number of H-pyrrole nitrogens is 1. The van der Waals surface area contributed by atoms with Crippen LogP contribution < -0.4 is 5.32 Å². The van der Waals surface area contributed by atoms with Gasteiger partial charge < -0.3 is 19.8 Å². The largest absolute Gasteiger partial charge is 0.348 e. The van der Waals surface area contributed by atoms with Gasteiger partial charge in [0.2, 0.25) is 5.91 Å². The predicted octanol–water partition coefficient (Wildman–Crippen LogP) is 1.21. The van der Waals surface area contributed by atoms with E-state index < -0.39 is 0 Å². The third-order valence-electron chi connectivity index (χ3n) is 5.75. The van der Waals surface area contributed by atoms with E-state index in [4.69, 9.17) is 0 Å². The lowest BCUT2D eigenvalue weighted by Crippen LogP contribution is -2.51. The zero-order valence-electron chi connectivity index (χ0n) is 15.9. The Morgan fingerprint density at radius 2 is 2.07 bits per heavy atom. The first-order valence-electron chi connectivity index (χ1n) is 9.63. The van der Waals surface area contributed by atoms with Gasteiger partial charge in [-0.25, -0.2) is 9.97 Å². The number of likely N-dealkylation sites (tertiary alicyclic amines) is 1. The Hall–Kier alpha value is -2.64. The summed E-state index contributed by atoms with van der Waals surface area (Å²) >= 11 is 0. The van der Waals surface area contributed by atoms with Gasteiger partial charge >= 0.3 is 0 Å². The van der Waals surface area contributed by atoms with Crippen molar-refractivity contribution in [3.05, 3.63) is 35.4 Å². The van der Waals surface area contributed by atoms with Gasteiger partial charge in [0.1, 0.15) is 11.5 Å². The minimum Gasteiger partial charge on any atom is -0.348 e. The molecule has 4 rings (SSSR count). The molecule has 0 bridgehead atoms. The number of hydrogen-bond acceptors (Lipinski definition) is 4. The number of aryl methyl sites for hydroxylation is 3. The molecule has 2 amide bonds. The predicted molar refractivity (Wildman–Crippen MR) is 99.2 cm³/mol. The van der Waals surface area contributed by atoms with E-state index in [1.165, 1.54) is 12.0 Å². The maximum absolute atomic E-state index is 13.1. The topological polar surface area (TPSA) is 95.9 Å². The first-order chi connectivity index (χ1) is 13.0. The molecule has 0 saturated carbocycles. The Labute approximate surface area is 158 Å². The average Bonchev–Trinajstić information content (AvgIpc) is 3.27. The van der Waals surface area contributed by atoms with Crippen LogP contribution in [0.4, 0.5) is 0 Å². The summed E-state index contributed by atoms with van der Waals surface area (Å²) < 4.78 is 2.16. The van der Waals surface area contributed by atoms with Crippen LogP contribution in [0.15, 0.2) is 12.5 Å². The van der Waals surface area contributed by atoms with Crippen LogP contribution in [0.1, 0.15) is 47.0 Å². The van der Waals surface area contributed by atoms with Crippen molar-refractivity contribution in [2.45, 2.75) is 52.1 Å². The minimum absolute atomic E-state index is 0.00608. The fourth-order valence-corrected chi connectivity index (χ4v) is 4.19. The highest BCUT2D eigenvalue weighted by Gasteiger charge is 2.32. The number of aromatic amines is 1. The number of amides is 2. The SMILES string of the molecule is Cc1[nH]cnc1C(=O)N[C@@H]1CCCN(C(=O)C2CCc3cnc(C)n3C2)C1. The third-order valence-corrected chi connectivity index (χ3v) is 5.75. The molecule has 0 aromatic carbocycles. The van der Waals surface area contributed by atoms with Crippen molar-refractivity contribution >= 4 is 11.8 Å². The molecule has 4 heterocycles. The van der Waals surface area contributed by atoms with Gasteiger partial charge in [0, 0.05) is 43.3 Å². The fourth-order valence-electron chi connectivity index (χ4n) is 4.19. The van der Waals surface area contributed by atoms with Crippen molar-refractivity contribution in [2.75, 3.05) is 13.1 Å². The van der Waals surface area contributed by atoms with Gasteiger partial charge in [-0.05, 0) is 39.5 Å². The van der Waals surface area contributed by atoms with Gasteiger partial charge in [-0.3, -0.25) is 9.59 Å². The number of fused-ring (bicyclic) bond motifs is 1. The molecular formula is C19H26N6O2. The lowest BCUT2D eigenvalue weighted by molar-refractivity contribution is -0.137. The normalized spacial score (nSPS) is 22.4. The third kappa shape index (κ3) is 3.48. The average molecular weight is 370 g/mol. The molecule has 2 aliphatic rings. The lowest BCUT2D eigenvalue weighted by Gasteiger charge is -2.36. The first kappa shape index (κ1) is 17.8. The summed E-state index contributed by atoms with van der Waals surface area (Å²) in [6.45, 7) is 5.85. The molecule has 144 valence electrons. The second-order valence-corrected chi connectivity index (χ2v) is 7.62. The van der Waals surface area contributed by atoms with Crippen LogP contribution in [0.2, 0.25) is 0 Å². The quantitative estimate of drug-likeness (QED) is 0.849. The number of nitrogens with one attached hydrogen (secondary N) is 2. The van der Waals surface area contributed by atoms with Gasteiger partial charge in [0.15, 0.2) is 0 Å². The number of piperidine rings is 1. The highest BCUT2D eigenvalue weighted by atomic mass is 16.2. The van der Waals surface area contributed by atoms with Gasteiger partial charge in [0.25, 0.3) is 5.91 Å². The van der Waals surface area contributed by atoms with Crippen molar-refractivity contribution in [3.63, 3.8) is 0 Å². The molecule has 1 fully saturated rings. The molecule has 2 aromatic heterocycles. The van der Waals surface area contributed by atoms with Crippen molar-refractivity contribution in [1.29, 1.82) is 0 Å². The Morgan fingerprint density at radius 1 is 1.22 bits per heavy atom. The zero-order valence-corrected chi connectivity index (χ0v) is 15.9. The monoisotopic (exact) mass is 370 g/mol. The van der Waals surface area contributed by atoms with Crippen LogP contribution in [0, 0.1) is 19.8 Å². The Kier molecular flexibility index (Phi) is 4.72. The van der Waals surface area contributed by atoms with E-state index in [-0.39, 0.29) is 23.8 Å². The second kappa shape index (κ2) is 7.17. The Balaban J connectivity index is 1.38. The highest BCUT2D eigenvalue weighted by Crippen LogP contribution is 2.24. The maximum atomic E-state index is 13.1. The summed E-state index contributed by atoms with van der Waals surface area (Å²) in [6.07, 6.45) is 6.98. The number of carbonyl (C=O) groups excluding carboxylic acids is 2. The van der Waals surface area contributed by atoms with E-state index in [2.05, 4.69) is 24.8 Å². The van der Waals surface area contributed by atoms with Gasteiger partial charge in [-0.15, -0.1) is 0 Å². The maximum Gasteiger partial charge on any atom is 0.272 e. The van der Waals surface area contributed by atoms with Crippen LogP contribution in [-0.4, -0.2) is 55.4 Å². The molecule has 2 aromatic rings. The van der Waals surface area contributed by atoms with Crippen molar-refractivity contribution < 1.29 is 9.59 Å². The molecule has 2 N–H and O–H groups in total. The molecule has 2 aliphatic heterocycles. The van der Waals surface area contributed by atoms with E-state index in [0.29, 0.717) is 18.8 Å². The molecule has 2 atom stereocenters. The number of aromatic nitrogens is 4. The van der Waals surface area contributed by atoms with Crippen LogP contribution in [0.3, 0.4) is 0 Å². The van der Waals surface area contributed by atoms with Crippen LogP contribution in [0.25, 0.3) is 0 Å². The number of carbonyl (C=O) groups is 2. The van der Waals surface area contributed by atoms with E-state index in [1.54, 1.807) is 0 Å². The van der Waals surface area contributed by atoms with Crippen LogP contribution in [0.5, 0.6) is 0 Å². The number of hydrogen-bond donors (Lipinski definition) is 2. The van der Waals surface area contributed by atoms with E-state index in [1.807, 2.05) is 24.9 Å². The van der Waals surface area contributed by atoms with Crippen LogP contribution >= 0.6 is 0 Å². The molecule has 0 radical (unpaired) electrons. The standard InChI is InChI=1S/C19H26N6O2/c1-12-17(22-11-21-12)18(26)23-15-4-3-7-24(10-15)19(27)14-5-6-16-8-20-13(2)25(16)9-14/h8,11,14-15H,3-7,9-10H2,1-2H3,(H,21,22)(H,23,26)/t14?,15-/m1/s1. The van der Waals surface area contributed by atoms with Gasteiger partial charge in [-0.1, -0.05) is 0 Å². The smallest absolute Gasteiger partial charge is 0.272 e. The molecule has 1 saturated heterocycles. The summed E-state index contributed by atoms with van der Waals surface area (Å²) in [4.78, 5) is 38.8. The van der Waals surface area contributed by atoms with E-state index in [0.717, 1.165) is 43.7 Å². The summed E-state index contributed by atoms with van der Waals surface area (Å²) in [5, 5.41) is 3.04.